The molecule has 2 aromatic carbocycles. The van der Waals surface area contributed by atoms with Crippen LogP contribution < -0.4 is 10.1 Å². The molecule has 0 radical (unpaired) electrons. The standard InChI is InChI=1S/C15H15BrN2O3/c1-21-14-6-7-15(16)12(8-14)10-17-9-11-2-4-13(5-3-11)18(19)20/h2-8,17H,9-10H2,1H3. The molecule has 0 aromatic heterocycles. The molecule has 6 heteroatoms. The molecule has 0 saturated heterocycles. The van der Waals surface area contributed by atoms with E-state index in [2.05, 4.69) is 21.2 Å². The van der Waals surface area contributed by atoms with Crippen LogP contribution in [0.1, 0.15) is 11.1 Å². The number of benzene rings is 2. The maximum Gasteiger partial charge on any atom is 0.269 e. The molecule has 1 N–H and O–H groups in total. The lowest BCUT2D eigenvalue weighted by molar-refractivity contribution is -0.384. The van der Waals surface area contributed by atoms with E-state index >= 15 is 0 Å². The van der Waals surface area contributed by atoms with Gasteiger partial charge in [0.2, 0.25) is 0 Å². The number of non-ortho nitro benzene ring substituents is 1. The van der Waals surface area contributed by atoms with Gasteiger partial charge in [-0.1, -0.05) is 28.1 Å². The lowest BCUT2D eigenvalue weighted by Crippen LogP contribution is -2.13. The van der Waals surface area contributed by atoms with Crippen LogP contribution in [-0.2, 0) is 13.1 Å². The highest BCUT2D eigenvalue weighted by Crippen LogP contribution is 2.22. The van der Waals surface area contributed by atoms with Crippen LogP contribution in [0.5, 0.6) is 5.75 Å². The number of ether oxygens (including phenoxy) is 1. The Kier molecular flexibility index (Phi) is 5.30. The van der Waals surface area contributed by atoms with E-state index in [1.807, 2.05) is 18.2 Å². The van der Waals surface area contributed by atoms with E-state index in [-0.39, 0.29) is 5.69 Å². The van der Waals surface area contributed by atoms with E-state index in [0.717, 1.165) is 21.3 Å². The molecule has 2 rings (SSSR count). The molecular formula is C15H15BrN2O3. The van der Waals surface area contributed by atoms with Crippen molar-refractivity contribution in [3.05, 3.63) is 68.2 Å². The molecule has 0 aliphatic rings. The van der Waals surface area contributed by atoms with E-state index in [1.165, 1.54) is 12.1 Å². The van der Waals surface area contributed by atoms with Crippen LogP contribution in [0.2, 0.25) is 0 Å². The number of halogens is 1. The van der Waals surface area contributed by atoms with Crippen LogP contribution in [-0.4, -0.2) is 12.0 Å². The highest BCUT2D eigenvalue weighted by molar-refractivity contribution is 9.10. The van der Waals surface area contributed by atoms with E-state index in [0.29, 0.717) is 13.1 Å². The molecule has 0 atom stereocenters. The normalized spacial score (nSPS) is 10.4. The minimum absolute atomic E-state index is 0.106. The Balaban J connectivity index is 1.93. The summed E-state index contributed by atoms with van der Waals surface area (Å²) < 4.78 is 6.21. The molecule has 0 aliphatic heterocycles. The van der Waals surface area contributed by atoms with Crippen LogP contribution in [0.4, 0.5) is 5.69 Å². The first-order chi connectivity index (χ1) is 10.1. The zero-order chi connectivity index (χ0) is 15.2. The fourth-order valence-electron chi connectivity index (χ4n) is 1.89. The molecule has 21 heavy (non-hydrogen) atoms. The minimum atomic E-state index is -0.398. The second kappa shape index (κ2) is 7.19. The van der Waals surface area contributed by atoms with Crippen molar-refractivity contribution in [3.63, 3.8) is 0 Å². The smallest absolute Gasteiger partial charge is 0.269 e. The van der Waals surface area contributed by atoms with Crippen molar-refractivity contribution in [2.24, 2.45) is 0 Å². The van der Waals surface area contributed by atoms with E-state index in [1.54, 1.807) is 19.2 Å². The summed E-state index contributed by atoms with van der Waals surface area (Å²) >= 11 is 3.50. The second-order valence-corrected chi connectivity index (χ2v) is 5.34. The Labute approximate surface area is 131 Å². The molecule has 0 heterocycles. The molecule has 0 amide bonds. The second-order valence-electron chi connectivity index (χ2n) is 4.48. The van der Waals surface area contributed by atoms with Gasteiger partial charge >= 0.3 is 0 Å². The summed E-state index contributed by atoms with van der Waals surface area (Å²) in [6.45, 7) is 1.32. The van der Waals surface area contributed by atoms with Gasteiger partial charge in [-0.15, -0.1) is 0 Å². The Morgan fingerprint density at radius 1 is 1.19 bits per heavy atom. The Hall–Kier alpha value is -1.92. The number of methoxy groups -OCH3 is 1. The zero-order valence-corrected chi connectivity index (χ0v) is 13.1. The van der Waals surface area contributed by atoms with Crippen LogP contribution >= 0.6 is 15.9 Å². The van der Waals surface area contributed by atoms with Crippen molar-refractivity contribution in [1.82, 2.24) is 5.32 Å². The molecule has 0 aliphatic carbocycles. The summed E-state index contributed by atoms with van der Waals surface area (Å²) in [7, 11) is 1.64. The lowest BCUT2D eigenvalue weighted by Gasteiger charge is -2.09. The fourth-order valence-corrected chi connectivity index (χ4v) is 2.28. The Bertz CT molecular complexity index is 629. The summed E-state index contributed by atoms with van der Waals surface area (Å²) in [5, 5.41) is 13.9. The number of nitro groups is 1. The molecule has 5 nitrogen and oxygen atoms in total. The molecule has 110 valence electrons. The molecule has 2 aromatic rings. The average Bonchev–Trinajstić information content (AvgIpc) is 2.49. The third-order valence-corrected chi connectivity index (χ3v) is 3.82. The van der Waals surface area contributed by atoms with Gasteiger partial charge in [-0.2, -0.15) is 0 Å². The van der Waals surface area contributed by atoms with Crippen LogP contribution in [0.3, 0.4) is 0 Å². The predicted molar refractivity (Wildman–Crippen MR) is 84.3 cm³/mol. The number of nitro benzene ring substituents is 1. The first kappa shape index (κ1) is 15.5. The van der Waals surface area contributed by atoms with Crippen molar-refractivity contribution >= 4 is 21.6 Å². The maximum atomic E-state index is 10.6. The van der Waals surface area contributed by atoms with Gasteiger partial charge in [0, 0.05) is 29.7 Å². The monoisotopic (exact) mass is 350 g/mol. The maximum absolute atomic E-state index is 10.6. The summed E-state index contributed by atoms with van der Waals surface area (Å²) in [5.74, 6) is 0.810. The summed E-state index contributed by atoms with van der Waals surface area (Å²) in [5.41, 5.74) is 2.20. The highest BCUT2D eigenvalue weighted by atomic mass is 79.9. The minimum Gasteiger partial charge on any atom is -0.497 e. The van der Waals surface area contributed by atoms with Gasteiger partial charge in [0.05, 0.1) is 12.0 Å². The first-order valence-electron chi connectivity index (χ1n) is 6.36. The van der Waals surface area contributed by atoms with Crippen LogP contribution in [0.25, 0.3) is 0 Å². The van der Waals surface area contributed by atoms with E-state index in [9.17, 15) is 10.1 Å². The third-order valence-electron chi connectivity index (χ3n) is 3.04. The zero-order valence-electron chi connectivity index (χ0n) is 11.5. The van der Waals surface area contributed by atoms with Gasteiger partial charge in [-0.05, 0) is 29.3 Å². The van der Waals surface area contributed by atoms with Crippen molar-refractivity contribution < 1.29 is 9.66 Å². The molecule has 0 saturated carbocycles. The lowest BCUT2D eigenvalue weighted by atomic mass is 10.2. The molecule has 0 bridgehead atoms. The van der Waals surface area contributed by atoms with E-state index < -0.39 is 4.92 Å². The Morgan fingerprint density at radius 2 is 1.90 bits per heavy atom. The number of hydrogen-bond acceptors (Lipinski definition) is 4. The topological polar surface area (TPSA) is 64.4 Å². The van der Waals surface area contributed by atoms with Crippen LogP contribution in [0.15, 0.2) is 46.9 Å². The number of nitrogens with one attached hydrogen (secondary N) is 1. The van der Waals surface area contributed by atoms with Crippen molar-refractivity contribution in [1.29, 1.82) is 0 Å². The molecule has 0 spiro atoms. The third kappa shape index (κ3) is 4.27. The van der Waals surface area contributed by atoms with Crippen molar-refractivity contribution in [2.75, 3.05) is 7.11 Å². The van der Waals surface area contributed by atoms with Crippen molar-refractivity contribution in [2.45, 2.75) is 13.1 Å². The van der Waals surface area contributed by atoms with Gasteiger partial charge in [0.25, 0.3) is 5.69 Å². The number of rotatable bonds is 6. The molecule has 0 unspecified atom stereocenters. The van der Waals surface area contributed by atoms with Gasteiger partial charge in [0.1, 0.15) is 5.75 Å². The predicted octanol–water partition coefficient (Wildman–Crippen LogP) is 3.66. The average molecular weight is 351 g/mol. The van der Waals surface area contributed by atoms with Gasteiger partial charge in [-0.25, -0.2) is 0 Å². The summed E-state index contributed by atoms with van der Waals surface area (Å²) in [4.78, 5) is 10.2. The molecule has 0 fully saturated rings. The van der Waals surface area contributed by atoms with Gasteiger partial charge < -0.3 is 10.1 Å². The highest BCUT2D eigenvalue weighted by Gasteiger charge is 2.05. The van der Waals surface area contributed by atoms with E-state index in [4.69, 9.17) is 4.74 Å². The van der Waals surface area contributed by atoms with Crippen molar-refractivity contribution in [3.8, 4) is 5.75 Å². The Morgan fingerprint density at radius 3 is 2.52 bits per heavy atom. The first-order valence-corrected chi connectivity index (χ1v) is 7.16. The van der Waals surface area contributed by atoms with Gasteiger partial charge in [-0.3, -0.25) is 10.1 Å². The number of nitrogens with zero attached hydrogens (tertiary/aromatic N) is 1. The summed E-state index contributed by atoms with van der Waals surface area (Å²) in [6, 6.07) is 12.3. The largest absolute Gasteiger partial charge is 0.497 e. The number of hydrogen-bond donors (Lipinski definition) is 1. The fraction of sp³-hybridized carbons (Fsp3) is 0.200. The quantitative estimate of drug-likeness (QED) is 0.637. The van der Waals surface area contributed by atoms with Crippen LogP contribution in [0, 0.1) is 10.1 Å². The molecular weight excluding hydrogens is 336 g/mol. The SMILES string of the molecule is COc1ccc(Br)c(CNCc2ccc([N+](=O)[O-])cc2)c1. The summed E-state index contributed by atoms with van der Waals surface area (Å²) in [6.07, 6.45) is 0. The van der Waals surface area contributed by atoms with Gasteiger partial charge in [0.15, 0.2) is 0 Å².